The molecule has 0 aromatic carbocycles. The topological polar surface area (TPSA) is 46.9 Å². The molecule has 1 radical (unpaired) electrons. The van der Waals surface area contributed by atoms with Crippen molar-refractivity contribution in [2.24, 2.45) is 0 Å². The predicted octanol–water partition coefficient (Wildman–Crippen LogP) is 2.85. The van der Waals surface area contributed by atoms with Gasteiger partial charge in [-0.3, -0.25) is 0 Å². The summed E-state index contributed by atoms with van der Waals surface area (Å²) in [7, 11) is 2.02. The second-order valence-corrected chi connectivity index (χ2v) is 6.25. The Morgan fingerprint density at radius 3 is 1.35 bits per heavy atom. The summed E-state index contributed by atoms with van der Waals surface area (Å²) in [6.45, 7) is 15.7. The first kappa shape index (κ1) is 28.5. The third-order valence-electron chi connectivity index (χ3n) is 1.19. The fraction of sp³-hybridized carbons (Fsp3) is 0.733. The second-order valence-electron chi connectivity index (χ2n) is 6.25. The van der Waals surface area contributed by atoms with Gasteiger partial charge in [-0.15, -0.1) is 0 Å². The van der Waals surface area contributed by atoms with Crippen LogP contribution in [-0.2, 0) is 32.7 Å². The van der Waals surface area contributed by atoms with Crippen LogP contribution in [0, 0.1) is 14.1 Å². The van der Waals surface area contributed by atoms with Crippen LogP contribution in [-0.4, -0.2) is 44.8 Å². The molecule has 0 unspecified atom stereocenters. The van der Waals surface area contributed by atoms with E-state index in [1.165, 1.54) is 0 Å². The van der Waals surface area contributed by atoms with Crippen molar-refractivity contribution in [2.75, 3.05) is 13.6 Å². The summed E-state index contributed by atoms with van der Waals surface area (Å²) in [5.41, 5.74) is -1.00. The van der Waals surface area contributed by atoms with Crippen molar-refractivity contribution in [3.63, 3.8) is 0 Å². The van der Waals surface area contributed by atoms with Crippen LogP contribution >= 0.6 is 0 Å². The third-order valence-corrected chi connectivity index (χ3v) is 1.19. The number of aliphatic hydroxyl groups is 2. The zero-order valence-electron chi connectivity index (χ0n) is 14.8. The standard InChI is InChI=1S/C6H11N2.2C4H10O.CH3.Y/c1-3-8-5-4-7(2)6-8;2*1-4(2,3)5;;/h4-6H,3H2,1-2H3;2*5H,1-3H3;1H3;/q-1;;;-1;. The van der Waals surface area contributed by atoms with Crippen LogP contribution in [0.2, 0.25) is 0 Å². The van der Waals surface area contributed by atoms with Gasteiger partial charge in [0, 0.05) is 32.7 Å². The Morgan fingerprint density at radius 1 is 0.950 bits per heavy atom. The van der Waals surface area contributed by atoms with E-state index in [1.54, 1.807) is 41.5 Å². The van der Waals surface area contributed by atoms with E-state index >= 15 is 0 Å². The van der Waals surface area contributed by atoms with Gasteiger partial charge in [-0.2, -0.15) is 6.67 Å². The number of rotatable bonds is 1. The van der Waals surface area contributed by atoms with Crippen molar-refractivity contribution in [3.05, 3.63) is 26.5 Å². The molecule has 0 bridgehead atoms. The Bertz CT molecular complexity index is 209. The smallest absolute Gasteiger partial charge is 0.0563 e. The van der Waals surface area contributed by atoms with E-state index in [1.807, 2.05) is 18.1 Å². The van der Waals surface area contributed by atoms with Crippen LogP contribution in [0.15, 0.2) is 12.4 Å². The average Bonchev–Trinajstić information content (AvgIpc) is 2.44. The van der Waals surface area contributed by atoms with Crippen LogP contribution in [0.25, 0.3) is 0 Å². The number of nitrogens with zero attached hydrogens (tertiary/aromatic N) is 2. The Kier molecular flexibility index (Phi) is 18.6. The Balaban J connectivity index is -0.0000000960. The van der Waals surface area contributed by atoms with Crippen LogP contribution < -0.4 is 0 Å². The molecule has 0 atom stereocenters. The van der Waals surface area contributed by atoms with E-state index in [9.17, 15) is 0 Å². The molecule has 0 amide bonds. The van der Waals surface area contributed by atoms with Crippen molar-refractivity contribution < 1.29 is 42.9 Å². The van der Waals surface area contributed by atoms with Crippen LogP contribution in [0.3, 0.4) is 0 Å². The van der Waals surface area contributed by atoms with Crippen LogP contribution in [0.5, 0.6) is 0 Å². The van der Waals surface area contributed by atoms with Crippen molar-refractivity contribution >= 4 is 0 Å². The average molecular weight is 363 g/mol. The predicted molar refractivity (Wildman–Crippen MR) is 83.9 cm³/mol. The zero-order chi connectivity index (χ0) is 15.0. The quantitative estimate of drug-likeness (QED) is 0.704. The summed E-state index contributed by atoms with van der Waals surface area (Å²) in [6.07, 6.45) is 4.09. The molecule has 1 aliphatic heterocycles. The van der Waals surface area contributed by atoms with Gasteiger partial charge in [0.2, 0.25) is 0 Å². The van der Waals surface area contributed by atoms with Crippen LogP contribution in [0.1, 0.15) is 48.5 Å². The third kappa shape index (κ3) is 42.9. The Hall–Kier alpha value is 0.364. The van der Waals surface area contributed by atoms with Crippen molar-refractivity contribution in [1.82, 2.24) is 9.80 Å². The van der Waals surface area contributed by atoms with Gasteiger partial charge < -0.3 is 27.4 Å². The minimum Gasteiger partial charge on any atom is -0.511 e. The molecule has 4 nitrogen and oxygen atoms in total. The van der Waals surface area contributed by atoms with Crippen LogP contribution in [0.4, 0.5) is 0 Å². The molecular weight excluding hydrogens is 329 g/mol. The molecule has 20 heavy (non-hydrogen) atoms. The van der Waals surface area contributed by atoms with Gasteiger partial charge in [0.15, 0.2) is 0 Å². The maximum atomic E-state index is 8.52. The molecule has 1 heterocycles. The molecule has 0 aliphatic carbocycles. The first-order valence-electron chi connectivity index (χ1n) is 6.28. The molecule has 0 saturated carbocycles. The molecule has 1 rings (SSSR count). The molecule has 0 aromatic heterocycles. The monoisotopic (exact) mass is 363 g/mol. The molecule has 0 spiro atoms. The van der Waals surface area contributed by atoms with Gasteiger partial charge in [0.25, 0.3) is 0 Å². The normalized spacial score (nSPS) is 13.3. The van der Waals surface area contributed by atoms with E-state index in [-0.39, 0.29) is 40.1 Å². The van der Waals surface area contributed by atoms with Gasteiger partial charge in [0.05, 0.1) is 11.2 Å². The van der Waals surface area contributed by atoms with Crippen molar-refractivity contribution in [2.45, 2.75) is 59.7 Å². The SMILES string of the molecule is CC(C)(C)O.CC(C)(C)O.CCN1C=CN(C)[CH-]1.[CH3-].[Y]. The van der Waals surface area contributed by atoms with Crippen molar-refractivity contribution in [3.8, 4) is 0 Å². The van der Waals surface area contributed by atoms with E-state index in [0.717, 1.165) is 6.54 Å². The summed E-state index contributed by atoms with van der Waals surface area (Å²) in [6, 6.07) is 0. The maximum Gasteiger partial charge on any atom is 0.0563 e. The molecule has 1 aliphatic rings. The van der Waals surface area contributed by atoms with Gasteiger partial charge in [-0.1, -0.05) is 6.92 Å². The van der Waals surface area contributed by atoms with Gasteiger partial charge in [-0.05, 0) is 67.5 Å². The fourth-order valence-corrected chi connectivity index (χ4v) is 0.689. The summed E-state index contributed by atoms with van der Waals surface area (Å²) in [5.74, 6) is 0. The molecular formula is C15H34N2O2Y-2. The minimum atomic E-state index is -0.500. The molecule has 2 N–H and O–H groups in total. The van der Waals surface area contributed by atoms with Gasteiger partial charge in [-0.25, -0.2) is 0 Å². The van der Waals surface area contributed by atoms with Gasteiger partial charge in [0.1, 0.15) is 0 Å². The first-order chi connectivity index (χ1) is 7.83. The minimum absolute atomic E-state index is 0. The molecule has 0 fully saturated rings. The Morgan fingerprint density at radius 2 is 1.25 bits per heavy atom. The summed E-state index contributed by atoms with van der Waals surface area (Å²) in [5, 5.41) is 17.0. The first-order valence-corrected chi connectivity index (χ1v) is 6.28. The molecule has 0 aromatic rings. The van der Waals surface area contributed by atoms with Gasteiger partial charge >= 0.3 is 0 Å². The molecule has 121 valence electrons. The van der Waals surface area contributed by atoms with E-state index < -0.39 is 11.2 Å². The number of hydrogen-bond acceptors (Lipinski definition) is 4. The van der Waals surface area contributed by atoms with Crippen molar-refractivity contribution in [1.29, 1.82) is 0 Å². The van der Waals surface area contributed by atoms with E-state index in [4.69, 9.17) is 10.2 Å². The maximum absolute atomic E-state index is 8.52. The summed E-state index contributed by atoms with van der Waals surface area (Å²) < 4.78 is 0. The second kappa shape index (κ2) is 13.1. The Labute approximate surface area is 152 Å². The number of hydrogen-bond donors (Lipinski definition) is 2. The van der Waals surface area contributed by atoms with E-state index in [0.29, 0.717) is 0 Å². The fourth-order valence-electron chi connectivity index (χ4n) is 0.689. The van der Waals surface area contributed by atoms with E-state index in [2.05, 4.69) is 24.7 Å². The largest absolute Gasteiger partial charge is 0.511 e. The molecule has 0 saturated heterocycles. The zero-order valence-corrected chi connectivity index (χ0v) is 17.6. The molecule has 5 heteroatoms. The summed E-state index contributed by atoms with van der Waals surface area (Å²) in [4.78, 5) is 4.16. The summed E-state index contributed by atoms with van der Waals surface area (Å²) >= 11 is 0.